The Morgan fingerprint density at radius 3 is 2.80 bits per heavy atom. The second-order valence-electron chi connectivity index (χ2n) is 6.82. The fraction of sp³-hybridized carbons (Fsp3) is 0.130. The van der Waals surface area contributed by atoms with E-state index in [2.05, 4.69) is 10.3 Å². The average Bonchev–Trinajstić information content (AvgIpc) is 2.76. The number of anilines is 2. The average molecular weight is 401 g/mol. The van der Waals surface area contributed by atoms with E-state index >= 15 is 0 Å². The fourth-order valence-corrected chi connectivity index (χ4v) is 3.33. The van der Waals surface area contributed by atoms with Gasteiger partial charge in [0.05, 0.1) is 16.9 Å². The molecule has 4 rings (SSSR count). The first-order chi connectivity index (χ1) is 14.5. The fourth-order valence-electron chi connectivity index (χ4n) is 3.33. The lowest BCUT2D eigenvalue weighted by molar-refractivity contribution is -0.149. The summed E-state index contributed by atoms with van der Waals surface area (Å²) >= 11 is 0. The Kier molecular flexibility index (Phi) is 5.26. The predicted octanol–water partition coefficient (Wildman–Crippen LogP) is 3.17. The number of hydrogen-bond donors (Lipinski definition) is 1. The molecule has 0 saturated carbocycles. The maximum Gasteiger partial charge on any atom is 0.331 e. The normalized spacial score (nSPS) is 14.3. The van der Waals surface area contributed by atoms with E-state index < -0.39 is 18.0 Å². The molecule has 2 heterocycles. The number of carbonyl (C=O) groups is 3. The van der Waals surface area contributed by atoms with Gasteiger partial charge < -0.3 is 10.1 Å². The third-order valence-corrected chi connectivity index (χ3v) is 4.74. The van der Waals surface area contributed by atoms with Gasteiger partial charge in [-0.2, -0.15) is 0 Å². The molecule has 7 heteroatoms. The van der Waals surface area contributed by atoms with E-state index in [1.165, 1.54) is 17.9 Å². The molecule has 1 N–H and O–H groups in total. The molecule has 150 valence electrons. The molecular formula is C23H19N3O4. The van der Waals surface area contributed by atoms with Gasteiger partial charge in [-0.1, -0.05) is 36.4 Å². The molecule has 0 spiro atoms. The van der Waals surface area contributed by atoms with Crippen LogP contribution < -0.4 is 10.2 Å². The van der Waals surface area contributed by atoms with Gasteiger partial charge in [0.2, 0.25) is 5.91 Å². The quantitative estimate of drug-likeness (QED) is 0.536. The number of hydrogen-bond acceptors (Lipinski definition) is 5. The summed E-state index contributed by atoms with van der Waals surface area (Å²) in [6.45, 7) is 1.36. The number of amides is 2. The highest BCUT2D eigenvalue weighted by Gasteiger charge is 2.31. The zero-order valence-corrected chi connectivity index (χ0v) is 16.2. The van der Waals surface area contributed by atoms with E-state index in [1.54, 1.807) is 36.5 Å². The molecule has 1 atom stereocenters. The molecule has 0 aliphatic carbocycles. The maximum atomic E-state index is 12.8. The van der Waals surface area contributed by atoms with Crippen LogP contribution in [0.1, 0.15) is 12.5 Å². The lowest BCUT2D eigenvalue weighted by Crippen LogP contribution is -2.46. The molecule has 0 fully saturated rings. The van der Waals surface area contributed by atoms with Crippen LogP contribution in [0, 0.1) is 0 Å². The van der Waals surface area contributed by atoms with Crippen LogP contribution in [0.25, 0.3) is 17.0 Å². The molecule has 1 aliphatic heterocycles. The Bertz CT molecular complexity index is 1170. The standard InChI is InChI=1S/C23H19N3O4/c1-15(23(29)26-14-20(27)25-18-9-2-3-10-19(18)26)30-21(28)12-11-17-7-4-6-16-8-5-13-24-22(16)17/h2-13,15H,14H2,1H3,(H,25,27)/b12-11+. The van der Waals surface area contributed by atoms with Gasteiger partial charge in [0.1, 0.15) is 6.54 Å². The number of pyridine rings is 1. The Hall–Kier alpha value is -4.00. The summed E-state index contributed by atoms with van der Waals surface area (Å²) in [4.78, 5) is 42.7. The second-order valence-corrected chi connectivity index (χ2v) is 6.82. The summed E-state index contributed by atoms with van der Waals surface area (Å²) in [5, 5.41) is 3.68. The number of rotatable bonds is 4. The van der Waals surface area contributed by atoms with Crippen LogP contribution in [0.4, 0.5) is 11.4 Å². The molecule has 7 nitrogen and oxygen atoms in total. The lowest BCUT2D eigenvalue weighted by Gasteiger charge is -2.30. The van der Waals surface area contributed by atoms with Crippen LogP contribution in [-0.4, -0.2) is 35.4 Å². The van der Waals surface area contributed by atoms with Gasteiger partial charge >= 0.3 is 5.97 Å². The molecule has 0 bridgehead atoms. The zero-order chi connectivity index (χ0) is 21.1. The van der Waals surface area contributed by atoms with E-state index in [0.717, 1.165) is 16.5 Å². The maximum absolute atomic E-state index is 12.8. The molecule has 30 heavy (non-hydrogen) atoms. The molecule has 1 unspecified atom stereocenters. The van der Waals surface area contributed by atoms with Gasteiger partial charge in [-0.15, -0.1) is 0 Å². The molecule has 0 radical (unpaired) electrons. The van der Waals surface area contributed by atoms with Crippen LogP contribution in [-0.2, 0) is 19.1 Å². The number of aromatic nitrogens is 1. The molecule has 1 aliphatic rings. The Morgan fingerprint density at radius 2 is 1.93 bits per heavy atom. The van der Waals surface area contributed by atoms with Gasteiger partial charge in [0.15, 0.2) is 6.10 Å². The minimum Gasteiger partial charge on any atom is -0.449 e. The van der Waals surface area contributed by atoms with Crippen LogP contribution in [0.15, 0.2) is 66.9 Å². The molecular weight excluding hydrogens is 382 g/mol. The highest BCUT2D eigenvalue weighted by atomic mass is 16.5. The van der Waals surface area contributed by atoms with E-state index in [0.29, 0.717) is 11.4 Å². The largest absolute Gasteiger partial charge is 0.449 e. The minimum atomic E-state index is -1.05. The van der Waals surface area contributed by atoms with Crippen LogP contribution >= 0.6 is 0 Å². The summed E-state index contributed by atoms with van der Waals surface area (Å²) in [5.41, 5.74) is 2.65. The van der Waals surface area contributed by atoms with Gasteiger partial charge in [-0.3, -0.25) is 19.5 Å². The van der Waals surface area contributed by atoms with Crippen molar-refractivity contribution in [3.05, 3.63) is 72.4 Å². The van der Waals surface area contributed by atoms with Crippen LogP contribution in [0.5, 0.6) is 0 Å². The number of ether oxygens (including phenoxy) is 1. The zero-order valence-electron chi connectivity index (χ0n) is 16.2. The van der Waals surface area contributed by atoms with Crippen molar-refractivity contribution in [2.24, 2.45) is 0 Å². The lowest BCUT2D eigenvalue weighted by atomic mass is 10.1. The van der Waals surface area contributed by atoms with E-state index in [9.17, 15) is 14.4 Å². The summed E-state index contributed by atoms with van der Waals surface area (Å²) < 4.78 is 5.28. The Labute approximate surface area is 173 Å². The van der Waals surface area contributed by atoms with Gasteiger partial charge in [-0.05, 0) is 31.2 Å². The first-order valence-electron chi connectivity index (χ1n) is 9.45. The monoisotopic (exact) mass is 401 g/mol. The first kappa shape index (κ1) is 19.3. The summed E-state index contributed by atoms with van der Waals surface area (Å²) in [5.74, 6) is -1.42. The molecule has 1 aromatic heterocycles. The highest BCUT2D eigenvalue weighted by Crippen LogP contribution is 2.29. The van der Waals surface area contributed by atoms with E-state index in [4.69, 9.17) is 4.74 Å². The SMILES string of the molecule is CC(OC(=O)/C=C/c1cccc2cccnc12)C(=O)N1CC(=O)Nc2ccccc21. The van der Waals surface area contributed by atoms with Crippen molar-refractivity contribution in [2.75, 3.05) is 16.8 Å². The number of benzene rings is 2. The number of esters is 1. The van der Waals surface area contributed by atoms with Crippen LogP contribution in [0.2, 0.25) is 0 Å². The topological polar surface area (TPSA) is 88.6 Å². The second kappa shape index (κ2) is 8.16. The van der Waals surface area contributed by atoms with Crippen molar-refractivity contribution >= 4 is 46.1 Å². The summed E-state index contributed by atoms with van der Waals surface area (Å²) in [6, 6.07) is 16.4. The Morgan fingerprint density at radius 1 is 1.13 bits per heavy atom. The number of nitrogens with one attached hydrogen (secondary N) is 1. The third-order valence-electron chi connectivity index (χ3n) is 4.74. The molecule has 2 amide bonds. The van der Waals surface area contributed by atoms with Gasteiger partial charge in [-0.25, -0.2) is 4.79 Å². The number of carbonyl (C=O) groups excluding carboxylic acids is 3. The van der Waals surface area contributed by atoms with Crippen molar-refractivity contribution in [2.45, 2.75) is 13.0 Å². The van der Waals surface area contributed by atoms with E-state index in [1.807, 2.05) is 30.3 Å². The minimum absolute atomic E-state index is 0.130. The highest BCUT2D eigenvalue weighted by molar-refractivity contribution is 6.11. The van der Waals surface area contributed by atoms with Gasteiger partial charge in [0, 0.05) is 23.2 Å². The predicted molar refractivity (Wildman–Crippen MR) is 114 cm³/mol. The van der Waals surface area contributed by atoms with Gasteiger partial charge in [0.25, 0.3) is 5.91 Å². The first-order valence-corrected chi connectivity index (χ1v) is 9.45. The Balaban J connectivity index is 1.47. The number of nitrogens with zero attached hydrogens (tertiary/aromatic N) is 2. The van der Waals surface area contributed by atoms with Crippen molar-refractivity contribution < 1.29 is 19.1 Å². The van der Waals surface area contributed by atoms with Crippen molar-refractivity contribution in [3.8, 4) is 0 Å². The summed E-state index contributed by atoms with van der Waals surface area (Å²) in [6.07, 6.45) is 3.51. The molecule has 2 aromatic carbocycles. The van der Waals surface area contributed by atoms with Crippen molar-refractivity contribution in [1.29, 1.82) is 0 Å². The van der Waals surface area contributed by atoms with Crippen molar-refractivity contribution in [1.82, 2.24) is 4.98 Å². The molecule has 0 saturated heterocycles. The smallest absolute Gasteiger partial charge is 0.331 e. The summed E-state index contributed by atoms with van der Waals surface area (Å²) in [7, 11) is 0. The number of para-hydroxylation sites is 3. The van der Waals surface area contributed by atoms with Crippen LogP contribution in [0.3, 0.4) is 0 Å². The number of fused-ring (bicyclic) bond motifs is 2. The van der Waals surface area contributed by atoms with Crippen molar-refractivity contribution in [3.63, 3.8) is 0 Å². The molecule has 3 aromatic rings. The van der Waals surface area contributed by atoms with E-state index in [-0.39, 0.29) is 12.5 Å². The third kappa shape index (κ3) is 3.91.